The Labute approximate surface area is 108 Å². The molecular weight excluding hydrogens is 256 g/mol. The Hall–Kier alpha value is -0.660. The van der Waals surface area contributed by atoms with Gasteiger partial charge in [-0.3, -0.25) is 4.79 Å². The number of sulfone groups is 1. The first-order valence-corrected chi connectivity index (χ1v) is 8.17. The molecule has 2 unspecified atom stereocenters. The Balaban J connectivity index is 2.01. The second kappa shape index (κ2) is 5.54. The van der Waals surface area contributed by atoms with Crippen LogP contribution in [-0.4, -0.2) is 69.1 Å². The highest BCUT2D eigenvalue weighted by Crippen LogP contribution is 2.18. The summed E-state index contributed by atoms with van der Waals surface area (Å²) >= 11 is 0. The van der Waals surface area contributed by atoms with Gasteiger partial charge in [-0.05, 0) is 13.3 Å². The van der Waals surface area contributed by atoms with Crippen LogP contribution in [-0.2, 0) is 19.4 Å². The molecule has 0 spiro atoms. The van der Waals surface area contributed by atoms with Gasteiger partial charge in [-0.2, -0.15) is 0 Å². The molecule has 1 amide bonds. The number of amides is 1. The van der Waals surface area contributed by atoms with Crippen LogP contribution in [0, 0.1) is 0 Å². The van der Waals surface area contributed by atoms with Crippen LogP contribution in [0.1, 0.15) is 13.3 Å². The maximum Gasteiger partial charge on any atom is 0.242 e. The van der Waals surface area contributed by atoms with Crippen LogP contribution >= 0.6 is 0 Å². The van der Waals surface area contributed by atoms with Crippen molar-refractivity contribution in [1.82, 2.24) is 10.2 Å². The summed E-state index contributed by atoms with van der Waals surface area (Å²) in [6.07, 6.45) is 0.551. The number of carbonyl (C=O) groups is 1. The Bertz CT molecular complexity index is 403. The van der Waals surface area contributed by atoms with E-state index < -0.39 is 9.84 Å². The van der Waals surface area contributed by atoms with Gasteiger partial charge in [0.25, 0.3) is 0 Å². The Morgan fingerprint density at radius 2 is 2.28 bits per heavy atom. The number of morpholine rings is 1. The number of hydrogen-bond donors (Lipinski definition) is 1. The van der Waals surface area contributed by atoms with Crippen LogP contribution in [0.2, 0.25) is 0 Å². The van der Waals surface area contributed by atoms with E-state index in [0.717, 1.165) is 0 Å². The van der Waals surface area contributed by atoms with Crippen LogP contribution in [0.25, 0.3) is 0 Å². The topological polar surface area (TPSA) is 75.7 Å². The lowest BCUT2D eigenvalue weighted by atomic mass is 10.1. The van der Waals surface area contributed by atoms with Gasteiger partial charge in [0.2, 0.25) is 5.91 Å². The van der Waals surface area contributed by atoms with E-state index in [1.54, 1.807) is 4.90 Å². The second-order valence-corrected chi connectivity index (χ2v) is 6.99. The summed E-state index contributed by atoms with van der Waals surface area (Å²) in [7, 11) is -2.96. The third-order valence-corrected chi connectivity index (χ3v) is 5.24. The first-order chi connectivity index (χ1) is 8.53. The summed E-state index contributed by atoms with van der Waals surface area (Å²) in [6, 6.07) is -0.502. The highest BCUT2D eigenvalue weighted by molar-refractivity contribution is 7.91. The molecule has 2 saturated heterocycles. The molecule has 1 N–H and O–H groups in total. The van der Waals surface area contributed by atoms with Gasteiger partial charge in [0.15, 0.2) is 9.84 Å². The van der Waals surface area contributed by atoms with Crippen LogP contribution in [0.5, 0.6) is 0 Å². The van der Waals surface area contributed by atoms with E-state index in [1.807, 2.05) is 6.92 Å². The maximum absolute atomic E-state index is 12.3. The molecule has 2 aliphatic rings. The number of ether oxygens (including phenoxy) is 1. The normalized spacial score (nSPS) is 31.2. The van der Waals surface area contributed by atoms with E-state index in [9.17, 15) is 13.2 Å². The zero-order chi connectivity index (χ0) is 13.2. The van der Waals surface area contributed by atoms with Gasteiger partial charge in [-0.1, -0.05) is 0 Å². The Morgan fingerprint density at radius 1 is 1.50 bits per heavy atom. The first-order valence-electron chi connectivity index (χ1n) is 6.35. The van der Waals surface area contributed by atoms with Crippen molar-refractivity contribution in [3.63, 3.8) is 0 Å². The zero-order valence-corrected chi connectivity index (χ0v) is 11.4. The van der Waals surface area contributed by atoms with Gasteiger partial charge in [0.1, 0.15) is 6.04 Å². The molecule has 0 aliphatic carbocycles. The third kappa shape index (κ3) is 3.02. The standard InChI is InChI=1S/C11H20N2O4S/c1-2-13(9-3-6-18(15,16)8-9)11(14)10-7-17-5-4-12-10/h9-10,12H,2-8H2,1H3. The molecule has 0 saturated carbocycles. The monoisotopic (exact) mass is 276 g/mol. The summed E-state index contributed by atoms with van der Waals surface area (Å²) in [5.74, 6) is 0.246. The van der Waals surface area contributed by atoms with Gasteiger partial charge in [-0.25, -0.2) is 8.42 Å². The number of nitrogens with zero attached hydrogens (tertiary/aromatic N) is 1. The second-order valence-electron chi connectivity index (χ2n) is 4.76. The SMILES string of the molecule is CCN(C(=O)C1COCCN1)C1CCS(=O)(=O)C1. The number of likely N-dealkylation sites (N-methyl/N-ethyl adjacent to an activating group) is 1. The molecule has 0 radical (unpaired) electrons. The van der Waals surface area contributed by atoms with E-state index in [-0.39, 0.29) is 29.5 Å². The molecule has 7 heteroatoms. The lowest BCUT2D eigenvalue weighted by molar-refractivity contribution is -0.138. The van der Waals surface area contributed by atoms with Gasteiger partial charge >= 0.3 is 0 Å². The van der Waals surface area contributed by atoms with Crippen LogP contribution in [0.4, 0.5) is 0 Å². The quantitative estimate of drug-likeness (QED) is 0.716. The Morgan fingerprint density at radius 3 is 2.78 bits per heavy atom. The fourth-order valence-corrected chi connectivity index (χ4v) is 4.27. The zero-order valence-electron chi connectivity index (χ0n) is 10.6. The number of hydrogen-bond acceptors (Lipinski definition) is 5. The van der Waals surface area contributed by atoms with Crippen molar-refractivity contribution in [3.05, 3.63) is 0 Å². The van der Waals surface area contributed by atoms with Crippen LogP contribution < -0.4 is 5.32 Å². The van der Waals surface area contributed by atoms with Crippen LogP contribution in [0.3, 0.4) is 0 Å². The molecule has 2 fully saturated rings. The molecule has 18 heavy (non-hydrogen) atoms. The number of nitrogens with one attached hydrogen (secondary N) is 1. The highest BCUT2D eigenvalue weighted by Gasteiger charge is 2.36. The lowest BCUT2D eigenvalue weighted by Gasteiger charge is -2.32. The Kier molecular flexibility index (Phi) is 4.24. The van der Waals surface area contributed by atoms with Crippen molar-refractivity contribution in [2.75, 3.05) is 37.8 Å². The molecule has 6 nitrogen and oxygen atoms in total. The van der Waals surface area contributed by atoms with Gasteiger partial charge in [0.05, 0.1) is 24.7 Å². The summed E-state index contributed by atoms with van der Waals surface area (Å²) in [5, 5.41) is 3.11. The van der Waals surface area contributed by atoms with Crippen molar-refractivity contribution >= 4 is 15.7 Å². The number of carbonyl (C=O) groups excluding carboxylic acids is 1. The summed E-state index contributed by atoms with van der Waals surface area (Å²) in [6.45, 7) is 4.07. The molecule has 0 aromatic carbocycles. The van der Waals surface area contributed by atoms with Gasteiger partial charge in [0, 0.05) is 19.1 Å². The predicted molar refractivity (Wildman–Crippen MR) is 67.1 cm³/mol. The van der Waals surface area contributed by atoms with Crippen molar-refractivity contribution in [2.45, 2.75) is 25.4 Å². The molecule has 2 aliphatic heterocycles. The van der Waals surface area contributed by atoms with Crippen LogP contribution in [0.15, 0.2) is 0 Å². The molecule has 0 aromatic heterocycles. The molecular formula is C11H20N2O4S. The molecule has 2 atom stereocenters. The van der Waals surface area contributed by atoms with E-state index in [4.69, 9.17) is 4.74 Å². The van der Waals surface area contributed by atoms with Gasteiger partial charge < -0.3 is 15.0 Å². The highest BCUT2D eigenvalue weighted by atomic mass is 32.2. The fraction of sp³-hybridized carbons (Fsp3) is 0.909. The molecule has 2 heterocycles. The van der Waals surface area contributed by atoms with Crippen molar-refractivity contribution < 1.29 is 17.9 Å². The van der Waals surface area contributed by atoms with E-state index in [0.29, 0.717) is 32.7 Å². The summed E-state index contributed by atoms with van der Waals surface area (Å²) in [5.41, 5.74) is 0. The van der Waals surface area contributed by atoms with E-state index in [1.165, 1.54) is 0 Å². The minimum Gasteiger partial charge on any atom is -0.378 e. The van der Waals surface area contributed by atoms with Crippen molar-refractivity contribution in [2.24, 2.45) is 0 Å². The first kappa shape index (κ1) is 13.8. The molecule has 104 valence electrons. The minimum atomic E-state index is -2.96. The molecule has 0 bridgehead atoms. The van der Waals surface area contributed by atoms with Gasteiger partial charge in [-0.15, -0.1) is 0 Å². The maximum atomic E-state index is 12.3. The van der Waals surface area contributed by atoms with E-state index in [2.05, 4.69) is 5.32 Å². The predicted octanol–water partition coefficient (Wildman–Crippen LogP) is -0.990. The number of rotatable bonds is 3. The van der Waals surface area contributed by atoms with Crippen molar-refractivity contribution in [3.8, 4) is 0 Å². The van der Waals surface area contributed by atoms with E-state index >= 15 is 0 Å². The summed E-state index contributed by atoms with van der Waals surface area (Å²) in [4.78, 5) is 14.0. The average molecular weight is 276 g/mol. The largest absolute Gasteiger partial charge is 0.378 e. The molecule has 2 rings (SSSR count). The van der Waals surface area contributed by atoms with Crippen molar-refractivity contribution in [1.29, 1.82) is 0 Å². The lowest BCUT2D eigenvalue weighted by Crippen LogP contribution is -2.55. The molecule has 0 aromatic rings. The average Bonchev–Trinajstić information content (AvgIpc) is 2.71. The summed E-state index contributed by atoms with van der Waals surface area (Å²) < 4.78 is 28.2. The minimum absolute atomic E-state index is 0.0423. The smallest absolute Gasteiger partial charge is 0.242 e. The fourth-order valence-electron chi connectivity index (χ4n) is 2.54. The third-order valence-electron chi connectivity index (χ3n) is 3.49.